The average Bonchev–Trinajstić information content (AvgIpc) is 2.60. The third kappa shape index (κ3) is 2.72. The number of amides is 1. The summed E-state index contributed by atoms with van der Waals surface area (Å²) in [6, 6.07) is 16.5. The summed E-state index contributed by atoms with van der Waals surface area (Å²) in [6.45, 7) is 2.02. The van der Waals surface area contributed by atoms with Crippen LogP contribution in [0.2, 0.25) is 0 Å². The summed E-state index contributed by atoms with van der Waals surface area (Å²) in [4.78, 5) is 14.0. The molecule has 2 aromatic rings. The molecule has 1 aliphatic heterocycles. The number of nitrogens with zero attached hydrogens (tertiary/aromatic N) is 2. The van der Waals surface area contributed by atoms with Crippen LogP contribution in [0.3, 0.4) is 0 Å². The summed E-state index contributed by atoms with van der Waals surface area (Å²) in [5.74, 6) is -0.521. The van der Waals surface area contributed by atoms with Crippen LogP contribution < -0.4 is 4.31 Å². The highest BCUT2D eigenvalue weighted by Crippen LogP contribution is 2.42. The molecule has 1 amide bonds. The molecule has 0 saturated carbocycles. The number of carbonyl (C=O) groups excluding carboxylic acids is 1. The van der Waals surface area contributed by atoms with Gasteiger partial charge in [0, 0.05) is 31.8 Å². The highest BCUT2D eigenvalue weighted by molar-refractivity contribution is 7.97. The number of fused-ring (bicyclic) bond motifs is 1. The number of sulfonamides is 1. The first kappa shape index (κ1) is 17.2. The quantitative estimate of drug-likeness (QED) is 0.850. The van der Waals surface area contributed by atoms with E-state index in [4.69, 9.17) is 0 Å². The molecule has 1 aliphatic rings. The lowest BCUT2D eigenvalue weighted by atomic mass is 9.95. The van der Waals surface area contributed by atoms with Crippen molar-refractivity contribution in [2.24, 2.45) is 0 Å². The smallest absolute Gasteiger partial charge is 0.270 e. The Hall–Kier alpha value is -2.60. The lowest BCUT2D eigenvalue weighted by molar-refractivity contribution is -0.123. The van der Waals surface area contributed by atoms with Gasteiger partial charge < -0.3 is 4.90 Å². The number of benzene rings is 2. The van der Waals surface area contributed by atoms with Crippen molar-refractivity contribution < 1.29 is 13.2 Å². The molecule has 3 rings (SSSR count). The van der Waals surface area contributed by atoms with Crippen molar-refractivity contribution in [2.45, 2.75) is 6.92 Å². The number of rotatable bonds is 3. The lowest BCUT2D eigenvalue weighted by Crippen LogP contribution is -2.41. The third-order valence-corrected chi connectivity index (χ3v) is 6.10. The number of anilines is 1. The van der Waals surface area contributed by atoms with Crippen molar-refractivity contribution in [3.8, 4) is 0 Å². The van der Waals surface area contributed by atoms with Crippen LogP contribution in [0.25, 0.3) is 5.57 Å². The normalized spacial score (nSPS) is 15.7. The molecule has 1 heterocycles. The maximum absolute atomic E-state index is 13.3. The first-order chi connectivity index (χ1) is 11.9. The highest BCUT2D eigenvalue weighted by atomic mass is 32.2. The van der Waals surface area contributed by atoms with Crippen LogP contribution in [0, 0.1) is 0 Å². The number of carbonyl (C=O) groups is 1. The Morgan fingerprint density at radius 1 is 1.00 bits per heavy atom. The van der Waals surface area contributed by atoms with Crippen molar-refractivity contribution in [1.82, 2.24) is 4.90 Å². The molecule has 130 valence electrons. The van der Waals surface area contributed by atoms with Crippen LogP contribution in [0.1, 0.15) is 18.1 Å². The minimum atomic E-state index is -3.95. The predicted octanol–water partition coefficient (Wildman–Crippen LogP) is 2.70. The molecule has 0 aliphatic carbocycles. The number of para-hydroxylation sites is 1. The molecule has 0 atom stereocenters. The fourth-order valence-electron chi connectivity index (χ4n) is 3.05. The highest BCUT2D eigenvalue weighted by Gasteiger charge is 2.41. The minimum Gasteiger partial charge on any atom is -0.344 e. The van der Waals surface area contributed by atoms with Crippen molar-refractivity contribution >= 4 is 27.2 Å². The van der Waals surface area contributed by atoms with Gasteiger partial charge in [-0.2, -0.15) is 0 Å². The first-order valence-corrected chi connectivity index (χ1v) is 9.47. The zero-order valence-electron chi connectivity index (χ0n) is 14.4. The van der Waals surface area contributed by atoms with Crippen LogP contribution in [0.15, 0.2) is 59.5 Å². The predicted molar refractivity (Wildman–Crippen MR) is 99.5 cm³/mol. The SMILES string of the molecule is CCN1c2ccccc2C(c2ccccc2)=C(C(=O)N(C)C)S1(=O)=O. The molecule has 2 aromatic carbocycles. The molecule has 0 bridgehead atoms. The maximum atomic E-state index is 13.3. The molecule has 0 radical (unpaired) electrons. The Kier molecular flexibility index (Phi) is 4.39. The van der Waals surface area contributed by atoms with Gasteiger partial charge >= 0.3 is 0 Å². The van der Waals surface area contributed by atoms with E-state index in [1.54, 1.807) is 33.2 Å². The van der Waals surface area contributed by atoms with Gasteiger partial charge in [0.15, 0.2) is 4.91 Å². The van der Waals surface area contributed by atoms with E-state index in [2.05, 4.69) is 0 Å². The van der Waals surface area contributed by atoms with Gasteiger partial charge in [0.05, 0.1) is 5.69 Å². The van der Waals surface area contributed by atoms with Gasteiger partial charge in [-0.05, 0) is 18.6 Å². The molecular weight excluding hydrogens is 336 g/mol. The van der Waals surface area contributed by atoms with E-state index in [-0.39, 0.29) is 11.4 Å². The second kappa shape index (κ2) is 6.37. The molecule has 25 heavy (non-hydrogen) atoms. The van der Waals surface area contributed by atoms with Gasteiger partial charge in [-0.3, -0.25) is 9.10 Å². The topological polar surface area (TPSA) is 57.7 Å². The summed E-state index contributed by atoms with van der Waals surface area (Å²) in [7, 11) is -0.828. The Morgan fingerprint density at radius 3 is 2.20 bits per heavy atom. The number of hydrogen-bond acceptors (Lipinski definition) is 3. The van der Waals surface area contributed by atoms with E-state index < -0.39 is 15.9 Å². The molecule has 0 aromatic heterocycles. The lowest BCUT2D eigenvalue weighted by Gasteiger charge is -2.33. The average molecular weight is 356 g/mol. The zero-order valence-corrected chi connectivity index (χ0v) is 15.2. The molecular formula is C19H20N2O3S. The molecule has 0 N–H and O–H groups in total. The van der Waals surface area contributed by atoms with Crippen molar-refractivity contribution in [1.29, 1.82) is 0 Å². The Balaban J connectivity index is 2.46. The Morgan fingerprint density at radius 2 is 1.60 bits per heavy atom. The van der Waals surface area contributed by atoms with Crippen LogP contribution in [0.4, 0.5) is 5.69 Å². The Labute approximate surface area is 148 Å². The minimum absolute atomic E-state index is 0.177. The van der Waals surface area contributed by atoms with Crippen LogP contribution in [-0.4, -0.2) is 39.9 Å². The van der Waals surface area contributed by atoms with Crippen LogP contribution >= 0.6 is 0 Å². The van der Waals surface area contributed by atoms with E-state index >= 15 is 0 Å². The van der Waals surface area contributed by atoms with Crippen LogP contribution in [-0.2, 0) is 14.8 Å². The standard InChI is InChI=1S/C19H20N2O3S/c1-4-21-16-13-9-8-12-15(16)17(14-10-6-5-7-11-14)18(25(21,23)24)19(22)20(2)3/h5-13H,4H2,1-3H3. The fourth-order valence-corrected chi connectivity index (χ4v) is 4.91. The van der Waals surface area contributed by atoms with Gasteiger partial charge in [0.2, 0.25) is 0 Å². The molecule has 6 heteroatoms. The van der Waals surface area contributed by atoms with Crippen LogP contribution in [0.5, 0.6) is 0 Å². The van der Waals surface area contributed by atoms with E-state index in [0.717, 1.165) is 5.56 Å². The molecule has 0 fully saturated rings. The van der Waals surface area contributed by atoms with E-state index in [9.17, 15) is 13.2 Å². The van der Waals surface area contributed by atoms with Crippen molar-refractivity contribution in [3.63, 3.8) is 0 Å². The monoisotopic (exact) mass is 356 g/mol. The van der Waals surface area contributed by atoms with Gasteiger partial charge in [-0.15, -0.1) is 0 Å². The third-order valence-electron chi connectivity index (χ3n) is 4.17. The Bertz CT molecular complexity index is 948. The summed E-state index contributed by atoms with van der Waals surface area (Å²) in [6.07, 6.45) is 0. The second-order valence-electron chi connectivity index (χ2n) is 5.96. The first-order valence-electron chi connectivity index (χ1n) is 8.03. The maximum Gasteiger partial charge on any atom is 0.270 e. The number of likely N-dealkylation sites (N-methyl/N-ethyl adjacent to an activating group) is 1. The molecule has 5 nitrogen and oxygen atoms in total. The molecule has 0 saturated heterocycles. The molecule has 0 spiro atoms. The summed E-state index contributed by atoms with van der Waals surface area (Å²) in [5, 5.41) is 0. The van der Waals surface area contributed by atoms with Gasteiger partial charge in [-0.1, -0.05) is 48.5 Å². The largest absolute Gasteiger partial charge is 0.344 e. The van der Waals surface area contributed by atoms with Gasteiger partial charge in [0.25, 0.3) is 15.9 Å². The van der Waals surface area contributed by atoms with Gasteiger partial charge in [-0.25, -0.2) is 8.42 Å². The summed E-state index contributed by atoms with van der Waals surface area (Å²) >= 11 is 0. The second-order valence-corrected chi connectivity index (χ2v) is 7.76. The summed E-state index contributed by atoms with van der Waals surface area (Å²) < 4.78 is 27.8. The molecule has 0 unspecified atom stereocenters. The van der Waals surface area contributed by atoms with Gasteiger partial charge in [0.1, 0.15) is 0 Å². The van der Waals surface area contributed by atoms with Crippen molar-refractivity contribution in [3.05, 3.63) is 70.6 Å². The summed E-state index contributed by atoms with van der Waals surface area (Å²) in [5.41, 5.74) is 2.51. The fraction of sp³-hybridized carbons (Fsp3) is 0.211. The van der Waals surface area contributed by atoms with E-state index in [0.29, 0.717) is 16.8 Å². The van der Waals surface area contributed by atoms with E-state index in [1.807, 2.05) is 42.5 Å². The van der Waals surface area contributed by atoms with E-state index in [1.165, 1.54) is 9.21 Å². The number of hydrogen-bond donors (Lipinski definition) is 0. The zero-order chi connectivity index (χ0) is 18.2. The van der Waals surface area contributed by atoms with Crippen molar-refractivity contribution in [2.75, 3.05) is 24.9 Å².